The summed E-state index contributed by atoms with van der Waals surface area (Å²) in [4.78, 5) is 6.42. The third-order valence-corrected chi connectivity index (χ3v) is 3.34. The molecule has 0 aliphatic rings. The Bertz CT molecular complexity index is 418. The van der Waals surface area contributed by atoms with E-state index < -0.39 is 0 Å². The lowest BCUT2D eigenvalue weighted by Gasteiger charge is -2.13. The van der Waals surface area contributed by atoms with Crippen LogP contribution in [0, 0.1) is 0 Å². The predicted molar refractivity (Wildman–Crippen MR) is 86.6 cm³/mol. The molecule has 0 amide bonds. The molecule has 1 aromatic rings. The van der Waals surface area contributed by atoms with Gasteiger partial charge in [0.15, 0.2) is 5.96 Å². The van der Waals surface area contributed by atoms with E-state index >= 15 is 0 Å². The number of aromatic nitrogens is 1. The molecule has 120 valence electrons. The molecule has 0 radical (unpaired) electrons. The molecule has 0 bridgehead atoms. The summed E-state index contributed by atoms with van der Waals surface area (Å²) in [6, 6.07) is 0. The van der Waals surface area contributed by atoms with Gasteiger partial charge in [0.1, 0.15) is 5.76 Å². The summed E-state index contributed by atoms with van der Waals surface area (Å²) in [7, 11) is 5.95. The number of rotatable bonds is 8. The maximum absolute atomic E-state index is 5.37. The summed E-state index contributed by atoms with van der Waals surface area (Å²) in [6.45, 7) is 6.84. The summed E-state index contributed by atoms with van der Waals surface area (Å²) in [5.41, 5.74) is 2.19. The van der Waals surface area contributed by atoms with Crippen molar-refractivity contribution >= 4 is 5.96 Å². The predicted octanol–water partition coefficient (Wildman–Crippen LogP) is 1.42. The second-order valence-electron chi connectivity index (χ2n) is 5.25. The van der Waals surface area contributed by atoms with Gasteiger partial charge < -0.3 is 20.1 Å². The Labute approximate surface area is 128 Å². The highest BCUT2D eigenvalue weighted by atomic mass is 16.5. The summed E-state index contributed by atoms with van der Waals surface area (Å²) in [5, 5.41) is 10.8. The molecule has 2 N–H and O–H groups in total. The first-order valence-electron chi connectivity index (χ1n) is 7.67. The Morgan fingerprint density at radius 3 is 2.57 bits per heavy atom. The van der Waals surface area contributed by atoms with Crippen LogP contribution < -0.4 is 10.6 Å². The molecular formula is C15H29N5O. The van der Waals surface area contributed by atoms with Gasteiger partial charge in [0.2, 0.25) is 0 Å². The molecule has 0 saturated heterocycles. The zero-order valence-corrected chi connectivity index (χ0v) is 14.0. The molecule has 0 aliphatic carbocycles. The van der Waals surface area contributed by atoms with Gasteiger partial charge in [0.25, 0.3) is 0 Å². The summed E-state index contributed by atoms with van der Waals surface area (Å²) in [5.74, 6) is 1.78. The SMILES string of the molecule is CCc1noc(CC)c1CNC(=NC)NCCCN(C)C. The van der Waals surface area contributed by atoms with Gasteiger partial charge in [-0.1, -0.05) is 19.0 Å². The van der Waals surface area contributed by atoms with Crippen molar-refractivity contribution in [2.75, 3.05) is 34.2 Å². The molecule has 0 aromatic carbocycles. The standard InChI is InChI=1S/C15H29N5O/c1-6-13-12(14(7-2)21-19-13)11-18-15(16-3)17-9-8-10-20(4)5/h6-11H2,1-5H3,(H2,16,17,18). The quantitative estimate of drug-likeness (QED) is 0.431. The fourth-order valence-electron chi connectivity index (χ4n) is 2.13. The molecule has 1 heterocycles. The first-order chi connectivity index (χ1) is 10.1. The van der Waals surface area contributed by atoms with E-state index in [0.717, 1.165) is 55.3 Å². The molecule has 0 aliphatic heterocycles. The zero-order chi connectivity index (χ0) is 15.7. The van der Waals surface area contributed by atoms with E-state index in [-0.39, 0.29) is 0 Å². The van der Waals surface area contributed by atoms with Crippen LogP contribution in [0.25, 0.3) is 0 Å². The fraction of sp³-hybridized carbons (Fsp3) is 0.733. The molecule has 0 unspecified atom stereocenters. The number of nitrogens with one attached hydrogen (secondary N) is 2. The van der Waals surface area contributed by atoms with Crippen LogP contribution in [0.15, 0.2) is 9.52 Å². The molecule has 6 nitrogen and oxygen atoms in total. The van der Waals surface area contributed by atoms with Crippen molar-refractivity contribution in [3.05, 3.63) is 17.0 Å². The van der Waals surface area contributed by atoms with Gasteiger partial charge in [-0.3, -0.25) is 4.99 Å². The Morgan fingerprint density at radius 2 is 2.00 bits per heavy atom. The Balaban J connectivity index is 2.46. The second kappa shape index (κ2) is 9.39. The Hall–Kier alpha value is -1.56. The average molecular weight is 295 g/mol. The lowest BCUT2D eigenvalue weighted by atomic mass is 10.1. The largest absolute Gasteiger partial charge is 0.361 e. The molecule has 1 rings (SSSR count). The van der Waals surface area contributed by atoms with Crippen molar-refractivity contribution < 1.29 is 4.52 Å². The highest BCUT2D eigenvalue weighted by Crippen LogP contribution is 2.15. The summed E-state index contributed by atoms with van der Waals surface area (Å²) < 4.78 is 5.37. The average Bonchev–Trinajstić information content (AvgIpc) is 2.88. The minimum atomic E-state index is 0.698. The number of nitrogens with zero attached hydrogens (tertiary/aromatic N) is 3. The van der Waals surface area contributed by atoms with Gasteiger partial charge in [-0.2, -0.15) is 0 Å². The van der Waals surface area contributed by atoms with Gasteiger partial charge in [-0.15, -0.1) is 0 Å². The highest BCUT2D eigenvalue weighted by molar-refractivity contribution is 5.79. The van der Waals surface area contributed by atoms with Crippen molar-refractivity contribution in [2.24, 2.45) is 4.99 Å². The van der Waals surface area contributed by atoms with E-state index in [2.05, 4.69) is 53.6 Å². The fourth-order valence-corrected chi connectivity index (χ4v) is 2.13. The van der Waals surface area contributed by atoms with Crippen molar-refractivity contribution in [3.8, 4) is 0 Å². The van der Waals surface area contributed by atoms with E-state index in [1.807, 2.05) is 0 Å². The van der Waals surface area contributed by atoms with Crippen molar-refractivity contribution in [3.63, 3.8) is 0 Å². The lowest BCUT2D eigenvalue weighted by Crippen LogP contribution is -2.38. The van der Waals surface area contributed by atoms with E-state index in [1.165, 1.54) is 0 Å². The van der Waals surface area contributed by atoms with Crippen molar-refractivity contribution in [2.45, 2.75) is 39.7 Å². The van der Waals surface area contributed by atoms with Crippen LogP contribution in [-0.4, -0.2) is 50.2 Å². The summed E-state index contributed by atoms with van der Waals surface area (Å²) in [6.07, 6.45) is 2.83. The second-order valence-corrected chi connectivity index (χ2v) is 5.25. The number of aryl methyl sites for hydroxylation is 2. The van der Waals surface area contributed by atoms with Crippen LogP contribution >= 0.6 is 0 Å². The topological polar surface area (TPSA) is 65.7 Å². The van der Waals surface area contributed by atoms with Gasteiger partial charge in [-0.05, 0) is 33.5 Å². The van der Waals surface area contributed by atoms with Gasteiger partial charge >= 0.3 is 0 Å². The van der Waals surface area contributed by atoms with Crippen molar-refractivity contribution in [1.29, 1.82) is 0 Å². The third-order valence-electron chi connectivity index (χ3n) is 3.34. The number of hydrogen-bond acceptors (Lipinski definition) is 4. The minimum absolute atomic E-state index is 0.698. The number of aliphatic imine (C=N–C) groups is 1. The molecule has 0 fully saturated rings. The van der Waals surface area contributed by atoms with E-state index in [4.69, 9.17) is 4.52 Å². The van der Waals surface area contributed by atoms with E-state index in [0.29, 0.717) is 6.54 Å². The van der Waals surface area contributed by atoms with Gasteiger partial charge in [0, 0.05) is 32.1 Å². The monoisotopic (exact) mass is 295 g/mol. The first-order valence-corrected chi connectivity index (χ1v) is 7.67. The number of hydrogen-bond donors (Lipinski definition) is 2. The molecule has 0 spiro atoms. The van der Waals surface area contributed by atoms with E-state index in [1.54, 1.807) is 7.05 Å². The molecule has 1 aromatic heterocycles. The molecule has 0 atom stereocenters. The zero-order valence-electron chi connectivity index (χ0n) is 14.0. The number of guanidine groups is 1. The molecule has 0 saturated carbocycles. The molecular weight excluding hydrogens is 266 g/mol. The summed E-state index contributed by atoms with van der Waals surface area (Å²) >= 11 is 0. The molecule has 6 heteroatoms. The van der Waals surface area contributed by atoms with Crippen LogP contribution in [0.1, 0.15) is 37.3 Å². The maximum atomic E-state index is 5.37. The van der Waals surface area contributed by atoms with Crippen LogP contribution in [0.5, 0.6) is 0 Å². The smallest absolute Gasteiger partial charge is 0.191 e. The van der Waals surface area contributed by atoms with Crippen LogP contribution in [0.3, 0.4) is 0 Å². The minimum Gasteiger partial charge on any atom is -0.361 e. The maximum Gasteiger partial charge on any atom is 0.191 e. The van der Waals surface area contributed by atoms with Gasteiger partial charge in [-0.25, -0.2) is 0 Å². The van der Waals surface area contributed by atoms with Crippen molar-refractivity contribution in [1.82, 2.24) is 20.7 Å². The van der Waals surface area contributed by atoms with E-state index in [9.17, 15) is 0 Å². The normalized spacial score (nSPS) is 12.0. The van der Waals surface area contributed by atoms with Crippen LogP contribution in [-0.2, 0) is 19.4 Å². The highest BCUT2D eigenvalue weighted by Gasteiger charge is 2.13. The Kier molecular flexibility index (Phi) is 7.82. The van der Waals surface area contributed by atoms with Crippen LogP contribution in [0.4, 0.5) is 0 Å². The van der Waals surface area contributed by atoms with Gasteiger partial charge in [0.05, 0.1) is 5.69 Å². The lowest BCUT2D eigenvalue weighted by molar-refractivity contribution is 0.380. The third kappa shape index (κ3) is 5.75. The Morgan fingerprint density at radius 1 is 1.24 bits per heavy atom. The first kappa shape index (κ1) is 17.5. The molecule has 21 heavy (non-hydrogen) atoms. The van der Waals surface area contributed by atoms with Crippen LogP contribution in [0.2, 0.25) is 0 Å².